The summed E-state index contributed by atoms with van der Waals surface area (Å²) in [5.41, 5.74) is -0.621. The maximum atomic E-state index is 13.7. The first-order valence-electron chi connectivity index (χ1n) is 8.54. The molecule has 8 heteroatoms. The molecule has 2 aliphatic rings. The summed E-state index contributed by atoms with van der Waals surface area (Å²) in [6, 6.07) is 2.46. The van der Waals surface area contributed by atoms with Crippen molar-refractivity contribution in [3.63, 3.8) is 0 Å². The molecule has 0 bridgehead atoms. The van der Waals surface area contributed by atoms with Crippen LogP contribution in [-0.4, -0.2) is 27.8 Å². The number of nitro groups is 1. The standard InChI is InChI=1S/C18H19FN2O5/c1-10(22)15-16(11-5-3-2-4-6-11)20(18(24)17(15)23)12-7-8-13(19)14(9-12)21(25)26/h7-9,11,16,23H,2-6H2,1H3. The van der Waals surface area contributed by atoms with Gasteiger partial charge in [0.25, 0.3) is 5.91 Å². The first-order valence-corrected chi connectivity index (χ1v) is 8.54. The van der Waals surface area contributed by atoms with Gasteiger partial charge in [0.1, 0.15) is 0 Å². The van der Waals surface area contributed by atoms with E-state index in [0.29, 0.717) is 0 Å². The van der Waals surface area contributed by atoms with Crippen molar-refractivity contribution in [3.8, 4) is 0 Å². The van der Waals surface area contributed by atoms with E-state index < -0.39 is 39.9 Å². The molecule has 1 aromatic rings. The number of anilines is 1. The highest BCUT2D eigenvalue weighted by atomic mass is 19.1. The summed E-state index contributed by atoms with van der Waals surface area (Å²) in [6.45, 7) is 1.28. The zero-order chi connectivity index (χ0) is 19.0. The molecule has 0 spiro atoms. The van der Waals surface area contributed by atoms with Crippen LogP contribution in [0.15, 0.2) is 29.5 Å². The largest absolute Gasteiger partial charge is 0.503 e. The van der Waals surface area contributed by atoms with Crippen LogP contribution in [0.25, 0.3) is 0 Å². The Morgan fingerprint density at radius 1 is 1.31 bits per heavy atom. The third-order valence-corrected chi connectivity index (χ3v) is 5.13. The van der Waals surface area contributed by atoms with Crippen LogP contribution in [-0.2, 0) is 9.59 Å². The van der Waals surface area contributed by atoms with Crippen molar-refractivity contribution in [3.05, 3.63) is 45.5 Å². The molecule has 0 saturated heterocycles. The molecule has 1 amide bonds. The highest BCUT2D eigenvalue weighted by Crippen LogP contribution is 2.41. The Morgan fingerprint density at radius 2 is 1.96 bits per heavy atom. The molecule has 0 radical (unpaired) electrons. The number of amides is 1. The second-order valence-electron chi connectivity index (χ2n) is 6.73. The topological polar surface area (TPSA) is 101 Å². The first-order chi connectivity index (χ1) is 12.3. The number of hydrogen-bond acceptors (Lipinski definition) is 5. The number of carbonyl (C=O) groups excluding carboxylic acids is 2. The van der Waals surface area contributed by atoms with E-state index in [1.807, 2.05) is 0 Å². The molecule has 1 saturated carbocycles. The van der Waals surface area contributed by atoms with Crippen LogP contribution < -0.4 is 4.90 Å². The Morgan fingerprint density at radius 3 is 2.54 bits per heavy atom. The maximum absolute atomic E-state index is 13.7. The van der Waals surface area contributed by atoms with Gasteiger partial charge in [-0.2, -0.15) is 4.39 Å². The Bertz CT molecular complexity index is 814. The quantitative estimate of drug-likeness (QED) is 0.653. The highest BCUT2D eigenvalue weighted by Gasteiger charge is 2.46. The van der Waals surface area contributed by atoms with Crippen LogP contribution in [0.3, 0.4) is 0 Å². The van der Waals surface area contributed by atoms with Gasteiger partial charge in [-0.3, -0.25) is 24.6 Å². The fraction of sp³-hybridized carbons (Fsp3) is 0.444. The maximum Gasteiger partial charge on any atom is 0.306 e. The summed E-state index contributed by atoms with van der Waals surface area (Å²) in [6.07, 6.45) is 4.51. The molecule has 1 fully saturated rings. The van der Waals surface area contributed by atoms with Gasteiger partial charge in [-0.25, -0.2) is 0 Å². The van der Waals surface area contributed by atoms with Gasteiger partial charge >= 0.3 is 5.69 Å². The van der Waals surface area contributed by atoms with Crippen molar-refractivity contribution < 1.29 is 24.0 Å². The third-order valence-electron chi connectivity index (χ3n) is 5.13. The molecule has 26 heavy (non-hydrogen) atoms. The lowest BCUT2D eigenvalue weighted by Crippen LogP contribution is -2.42. The Balaban J connectivity index is 2.09. The number of benzene rings is 1. The molecule has 0 aromatic heterocycles. The van der Waals surface area contributed by atoms with Crippen molar-refractivity contribution in [1.29, 1.82) is 0 Å². The zero-order valence-electron chi connectivity index (χ0n) is 14.3. The number of halogens is 1. The second kappa shape index (κ2) is 6.86. The van der Waals surface area contributed by atoms with Gasteiger partial charge in [-0.05, 0) is 37.8 Å². The second-order valence-corrected chi connectivity index (χ2v) is 6.73. The van der Waals surface area contributed by atoms with Crippen LogP contribution in [0.2, 0.25) is 0 Å². The first kappa shape index (κ1) is 18.0. The van der Waals surface area contributed by atoms with Crippen LogP contribution in [0.5, 0.6) is 0 Å². The van der Waals surface area contributed by atoms with Crippen LogP contribution >= 0.6 is 0 Å². The van der Waals surface area contributed by atoms with E-state index in [9.17, 15) is 29.2 Å². The van der Waals surface area contributed by atoms with Gasteiger partial charge in [-0.1, -0.05) is 19.3 Å². The summed E-state index contributed by atoms with van der Waals surface area (Å²) in [5, 5.41) is 21.3. The number of nitrogens with zero attached hydrogens (tertiary/aromatic N) is 2. The van der Waals surface area contributed by atoms with Crippen LogP contribution in [0, 0.1) is 21.8 Å². The van der Waals surface area contributed by atoms with E-state index in [4.69, 9.17) is 0 Å². The van der Waals surface area contributed by atoms with Gasteiger partial charge in [0.15, 0.2) is 11.5 Å². The lowest BCUT2D eigenvalue weighted by atomic mass is 9.80. The molecule has 1 N–H and O–H groups in total. The average molecular weight is 362 g/mol. The smallest absolute Gasteiger partial charge is 0.306 e. The molecule has 1 aliphatic heterocycles. The summed E-state index contributed by atoms with van der Waals surface area (Å²) in [5.74, 6) is -2.87. The normalized spacial score (nSPS) is 21.4. The minimum absolute atomic E-state index is 0.0360. The molecule has 1 aromatic carbocycles. The molecule has 1 atom stereocenters. The van der Waals surface area contributed by atoms with Gasteiger partial charge in [0, 0.05) is 6.07 Å². The van der Waals surface area contributed by atoms with Crippen molar-refractivity contribution in [2.75, 3.05) is 4.90 Å². The average Bonchev–Trinajstić information content (AvgIpc) is 2.88. The summed E-state index contributed by atoms with van der Waals surface area (Å²) in [7, 11) is 0. The fourth-order valence-corrected chi connectivity index (χ4v) is 3.96. The van der Waals surface area contributed by atoms with Gasteiger partial charge in [0.05, 0.1) is 22.2 Å². The minimum atomic E-state index is -1.01. The molecule has 3 rings (SSSR count). The lowest BCUT2D eigenvalue weighted by molar-refractivity contribution is -0.387. The van der Waals surface area contributed by atoms with Crippen molar-refractivity contribution in [2.24, 2.45) is 5.92 Å². The molecular formula is C18H19FN2O5. The monoisotopic (exact) mass is 362 g/mol. The summed E-state index contributed by atoms with van der Waals surface area (Å²) < 4.78 is 13.7. The van der Waals surface area contributed by atoms with Crippen molar-refractivity contribution in [1.82, 2.24) is 0 Å². The fourth-order valence-electron chi connectivity index (χ4n) is 3.96. The summed E-state index contributed by atoms with van der Waals surface area (Å²) in [4.78, 5) is 36.1. The molecule has 7 nitrogen and oxygen atoms in total. The van der Waals surface area contributed by atoms with Gasteiger partial charge in [-0.15, -0.1) is 0 Å². The summed E-state index contributed by atoms with van der Waals surface area (Å²) >= 11 is 0. The van der Waals surface area contributed by atoms with E-state index in [-0.39, 0.29) is 17.2 Å². The molecule has 1 aliphatic carbocycles. The van der Waals surface area contributed by atoms with Crippen molar-refractivity contribution in [2.45, 2.75) is 45.1 Å². The lowest BCUT2D eigenvalue weighted by Gasteiger charge is -2.35. The van der Waals surface area contributed by atoms with Crippen LogP contribution in [0.4, 0.5) is 15.8 Å². The predicted molar refractivity (Wildman–Crippen MR) is 91.2 cm³/mol. The Labute approximate surface area is 149 Å². The number of Topliss-reactive ketones (excluding diaryl/α,β-unsaturated/α-hetero) is 1. The molecule has 138 valence electrons. The van der Waals surface area contributed by atoms with E-state index in [1.165, 1.54) is 17.9 Å². The molecular weight excluding hydrogens is 343 g/mol. The van der Waals surface area contributed by atoms with Crippen LogP contribution in [0.1, 0.15) is 39.0 Å². The Kier molecular flexibility index (Phi) is 4.76. The highest BCUT2D eigenvalue weighted by molar-refractivity contribution is 6.16. The van der Waals surface area contributed by atoms with Gasteiger partial charge < -0.3 is 5.11 Å². The number of rotatable bonds is 4. The number of aliphatic hydroxyl groups excluding tert-OH is 1. The SMILES string of the molecule is CC(=O)C1=C(O)C(=O)N(c2ccc(F)c([N+](=O)[O-])c2)C1C1CCCCC1. The Hall–Kier alpha value is -2.77. The predicted octanol–water partition coefficient (Wildman–Crippen LogP) is 3.43. The minimum Gasteiger partial charge on any atom is -0.503 e. The number of aliphatic hydroxyl groups is 1. The number of hydrogen-bond donors (Lipinski definition) is 1. The van der Waals surface area contributed by atoms with Crippen molar-refractivity contribution >= 4 is 23.1 Å². The van der Waals surface area contributed by atoms with E-state index in [0.717, 1.165) is 44.2 Å². The zero-order valence-corrected chi connectivity index (χ0v) is 14.3. The van der Waals surface area contributed by atoms with E-state index in [1.54, 1.807) is 0 Å². The van der Waals surface area contributed by atoms with Gasteiger partial charge in [0.2, 0.25) is 5.82 Å². The van der Waals surface area contributed by atoms with E-state index in [2.05, 4.69) is 0 Å². The van der Waals surface area contributed by atoms with E-state index >= 15 is 0 Å². The number of carbonyl (C=O) groups is 2. The number of ketones is 1. The third kappa shape index (κ3) is 2.95. The molecule has 1 unspecified atom stereocenters. The number of nitro benzene ring substituents is 1. The molecule has 1 heterocycles.